The third-order valence-corrected chi connectivity index (χ3v) is 4.10. The Balaban J connectivity index is 2.26. The number of hydrogen-bond acceptors (Lipinski definition) is 2. The van der Waals surface area contributed by atoms with Gasteiger partial charge in [0, 0.05) is 19.0 Å². The predicted octanol–water partition coefficient (Wildman–Crippen LogP) is 3.59. The number of hydrogen-bond donors (Lipinski definition) is 1. The Bertz CT molecular complexity index is 304. The standard InChI is InChI=1S/C16H29NO3/c1-2-3-4-5-6-7-11-15(18)17-12-9-8-10-14(17)13-16(19)20/h14H,2-13H2,1H3,(H,19,20). The lowest BCUT2D eigenvalue weighted by atomic mass is 9.98. The van der Waals surface area contributed by atoms with E-state index < -0.39 is 5.97 Å². The van der Waals surface area contributed by atoms with Crippen LogP contribution in [0.3, 0.4) is 0 Å². The van der Waals surface area contributed by atoms with E-state index in [0.29, 0.717) is 6.42 Å². The number of carboxylic acid groups (broad SMARTS) is 1. The fourth-order valence-corrected chi connectivity index (χ4v) is 2.94. The lowest BCUT2D eigenvalue weighted by Crippen LogP contribution is -2.44. The van der Waals surface area contributed by atoms with Crippen LogP contribution in [0.4, 0.5) is 0 Å². The van der Waals surface area contributed by atoms with Crippen molar-refractivity contribution in [3.05, 3.63) is 0 Å². The van der Waals surface area contributed by atoms with E-state index in [4.69, 9.17) is 5.11 Å². The highest BCUT2D eigenvalue weighted by molar-refractivity contribution is 5.77. The van der Waals surface area contributed by atoms with Crippen molar-refractivity contribution in [2.75, 3.05) is 6.54 Å². The molecule has 0 aliphatic carbocycles. The molecule has 0 aromatic rings. The summed E-state index contributed by atoms with van der Waals surface area (Å²) in [6, 6.07) is -0.0751. The van der Waals surface area contributed by atoms with Gasteiger partial charge in [-0.15, -0.1) is 0 Å². The fourth-order valence-electron chi connectivity index (χ4n) is 2.94. The van der Waals surface area contributed by atoms with Gasteiger partial charge in [0.1, 0.15) is 0 Å². The summed E-state index contributed by atoms with van der Waals surface area (Å²) < 4.78 is 0. The minimum atomic E-state index is -0.797. The second-order valence-corrected chi connectivity index (χ2v) is 5.85. The zero-order chi connectivity index (χ0) is 14.8. The molecule has 0 radical (unpaired) electrons. The summed E-state index contributed by atoms with van der Waals surface area (Å²) in [6.07, 6.45) is 10.6. The van der Waals surface area contributed by atoms with Gasteiger partial charge < -0.3 is 10.0 Å². The molecule has 1 atom stereocenters. The van der Waals surface area contributed by atoms with Crippen LogP contribution in [0, 0.1) is 0 Å². The molecule has 1 amide bonds. The van der Waals surface area contributed by atoms with Crippen molar-refractivity contribution in [1.82, 2.24) is 4.90 Å². The number of rotatable bonds is 9. The normalized spacial score (nSPS) is 19.1. The Kier molecular flexibility index (Phi) is 8.31. The second-order valence-electron chi connectivity index (χ2n) is 5.85. The quantitative estimate of drug-likeness (QED) is 0.658. The molecule has 0 spiro atoms. The Morgan fingerprint density at radius 1 is 1.10 bits per heavy atom. The molecule has 4 nitrogen and oxygen atoms in total. The van der Waals surface area contributed by atoms with Gasteiger partial charge in [0.25, 0.3) is 0 Å². The second kappa shape index (κ2) is 9.78. The third-order valence-electron chi connectivity index (χ3n) is 4.10. The minimum Gasteiger partial charge on any atom is -0.481 e. The van der Waals surface area contributed by atoms with Crippen LogP contribution in [0.1, 0.15) is 77.6 Å². The van der Waals surface area contributed by atoms with Gasteiger partial charge >= 0.3 is 5.97 Å². The lowest BCUT2D eigenvalue weighted by molar-refractivity contribution is -0.142. The predicted molar refractivity (Wildman–Crippen MR) is 79.6 cm³/mol. The Labute approximate surface area is 122 Å². The zero-order valence-corrected chi connectivity index (χ0v) is 12.8. The van der Waals surface area contributed by atoms with Gasteiger partial charge in [-0.3, -0.25) is 9.59 Å². The average Bonchev–Trinajstić information content (AvgIpc) is 2.42. The van der Waals surface area contributed by atoms with E-state index >= 15 is 0 Å². The Hall–Kier alpha value is -1.06. The van der Waals surface area contributed by atoms with Gasteiger partial charge in [-0.1, -0.05) is 39.0 Å². The topological polar surface area (TPSA) is 57.6 Å². The van der Waals surface area contributed by atoms with E-state index in [1.807, 2.05) is 4.90 Å². The minimum absolute atomic E-state index is 0.0751. The largest absolute Gasteiger partial charge is 0.481 e. The lowest BCUT2D eigenvalue weighted by Gasteiger charge is -2.35. The van der Waals surface area contributed by atoms with E-state index in [0.717, 1.165) is 38.6 Å². The summed E-state index contributed by atoms with van der Waals surface area (Å²) in [6.45, 7) is 2.94. The summed E-state index contributed by atoms with van der Waals surface area (Å²) in [5, 5.41) is 8.92. The molecule has 0 bridgehead atoms. The maximum atomic E-state index is 12.2. The molecule has 0 saturated carbocycles. The van der Waals surface area contributed by atoms with Crippen molar-refractivity contribution in [2.24, 2.45) is 0 Å². The van der Waals surface area contributed by atoms with Crippen LogP contribution in [-0.4, -0.2) is 34.5 Å². The number of piperidine rings is 1. The Morgan fingerprint density at radius 2 is 1.80 bits per heavy atom. The van der Waals surface area contributed by atoms with Crippen LogP contribution < -0.4 is 0 Å². The van der Waals surface area contributed by atoms with Gasteiger partial charge in [0.2, 0.25) is 5.91 Å². The van der Waals surface area contributed by atoms with E-state index in [1.54, 1.807) is 0 Å². The molecule has 1 saturated heterocycles. The van der Waals surface area contributed by atoms with Crippen LogP contribution in [0.15, 0.2) is 0 Å². The van der Waals surface area contributed by atoms with Crippen LogP contribution in [0.25, 0.3) is 0 Å². The molecular formula is C16H29NO3. The molecule has 0 aromatic heterocycles. The van der Waals surface area contributed by atoms with Gasteiger partial charge in [0.15, 0.2) is 0 Å². The molecule has 1 heterocycles. The first kappa shape index (κ1) is 17.0. The van der Waals surface area contributed by atoms with E-state index in [2.05, 4.69) is 6.92 Å². The van der Waals surface area contributed by atoms with Crippen LogP contribution >= 0.6 is 0 Å². The van der Waals surface area contributed by atoms with Gasteiger partial charge in [-0.2, -0.15) is 0 Å². The molecule has 1 aliphatic heterocycles. The first-order valence-electron chi connectivity index (χ1n) is 8.16. The number of carboxylic acids is 1. The summed E-state index contributed by atoms with van der Waals surface area (Å²) in [4.78, 5) is 24.9. The zero-order valence-electron chi connectivity index (χ0n) is 12.8. The highest BCUT2D eigenvalue weighted by Crippen LogP contribution is 2.21. The van der Waals surface area contributed by atoms with Crippen LogP contribution in [0.2, 0.25) is 0 Å². The van der Waals surface area contributed by atoms with Gasteiger partial charge in [-0.05, 0) is 25.7 Å². The number of nitrogens with zero attached hydrogens (tertiary/aromatic N) is 1. The molecule has 1 aliphatic rings. The monoisotopic (exact) mass is 283 g/mol. The van der Waals surface area contributed by atoms with Crippen molar-refractivity contribution in [1.29, 1.82) is 0 Å². The van der Waals surface area contributed by atoms with E-state index in [1.165, 1.54) is 25.7 Å². The highest BCUT2D eigenvalue weighted by atomic mass is 16.4. The molecule has 1 unspecified atom stereocenters. The molecular weight excluding hydrogens is 254 g/mol. The number of carbonyl (C=O) groups excluding carboxylic acids is 1. The summed E-state index contributed by atoms with van der Waals surface area (Å²) in [5.74, 6) is -0.638. The number of amides is 1. The summed E-state index contributed by atoms with van der Waals surface area (Å²) >= 11 is 0. The first-order valence-corrected chi connectivity index (χ1v) is 8.16. The summed E-state index contributed by atoms with van der Waals surface area (Å²) in [7, 11) is 0. The third kappa shape index (κ3) is 6.40. The van der Waals surface area contributed by atoms with Crippen LogP contribution in [-0.2, 0) is 9.59 Å². The van der Waals surface area contributed by atoms with Crippen molar-refractivity contribution in [3.8, 4) is 0 Å². The van der Waals surface area contributed by atoms with Crippen molar-refractivity contribution < 1.29 is 14.7 Å². The van der Waals surface area contributed by atoms with Gasteiger partial charge in [-0.25, -0.2) is 0 Å². The molecule has 1 fully saturated rings. The summed E-state index contributed by atoms with van der Waals surface area (Å²) in [5.41, 5.74) is 0. The maximum absolute atomic E-state index is 12.2. The molecule has 4 heteroatoms. The van der Waals surface area contributed by atoms with E-state index in [-0.39, 0.29) is 18.4 Å². The highest BCUT2D eigenvalue weighted by Gasteiger charge is 2.27. The maximum Gasteiger partial charge on any atom is 0.305 e. The molecule has 1 N–H and O–H groups in total. The fraction of sp³-hybridized carbons (Fsp3) is 0.875. The van der Waals surface area contributed by atoms with Crippen molar-refractivity contribution in [2.45, 2.75) is 83.6 Å². The SMILES string of the molecule is CCCCCCCCC(=O)N1CCCCC1CC(=O)O. The van der Waals surface area contributed by atoms with Crippen molar-refractivity contribution in [3.63, 3.8) is 0 Å². The van der Waals surface area contributed by atoms with Crippen molar-refractivity contribution >= 4 is 11.9 Å². The molecule has 0 aromatic carbocycles. The van der Waals surface area contributed by atoms with Crippen LogP contribution in [0.5, 0.6) is 0 Å². The average molecular weight is 283 g/mol. The molecule has 1 rings (SSSR count). The number of likely N-dealkylation sites (tertiary alicyclic amines) is 1. The van der Waals surface area contributed by atoms with E-state index in [9.17, 15) is 9.59 Å². The smallest absolute Gasteiger partial charge is 0.305 e. The molecule has 116 valence electrons. The number of unbranched alkanes of at least 4 members (excludes halogenated alkanes) is 5. The first-order chi connectivity index (χ1) is 9.65. The number of aliphatic carboxylic acids is 1. The number of carbonyl (C=O) groups is 2. The Morgan fingerprint density at radius 3 is 2.50 bits per heavy atom. The van der Waals surface area contributed by atoms with Gasteiger partial charge in [0.05, 0.1) is 6.42 Å². The molecule has 20 heavy (non-hydrogen) atoms.